The van der Waals surface area contributed by atoms with Crippen molar-refractivity contribution >= 4 is 23.0 Å². The number of carbonyl (C=O) groups excluding carboxylic acids is 1. The number of amides is 1. The van der Waals surface area contributed by atoms with Crippen molar-refractivity contribution in [3.8, 4) is 0 Å². The minimum Gasteiger partial charge on any atom is -0.372 e. The Balaban J connectivity index is 1.64. The zero-order valence-corrected chi connectivity index (χ0v) is 14.3. The molecule has 0 spiro atoms. The van der Waals surface area contributed by atoms with Crippen molar-refractivity contribution in [3.05, 3.63) is 63.1 Å². The molecule has 1 saturated heterocycles. The number of hydrogen-bond donors (Lipinski definition) is 1. The van der Waals surface area contributed by atoms with Gasteiger partial charge in [0.2, 0.25) is 5.91 Å². The van der Waals surface area contributed by atoms with Crippen molar-refractivity contribution in [1.82, 2.24) is 4.57 Å². The van der Waals surface area contributed by atoms with E-state index in [1.165, 1.54) is 19.3 Å². The number of benzene rings is 1. The number of pyridine rings is 1. The molecule has 8 nitrogen and oxygen atoms in total. The lowest BCUT2D eigenvalue weighted by Gasteiger charge is -2.28. The van der Waals surface area contributed by atoms with Gasteiger partial charge < -0.3 is 10.2 Å². The lowest BCUT2D eigenvalue weighted by molar-refractivity contribution is -0.385. The fraction of sp³-hybridized carbons (Fsp3) is 0.333. The van der Waals surface area contributed by atoms with Gasteiger partial charge in [-0.3, -0.25) is 24.3 Å². The van der Waals surface area contributed by atoms with E-state index in [1.54, 1.807) is 0 Å². The van der Waals surface area contributed by atoms with Crippen LogP contribution in [0.25, 0.3) is 0 Å². The molecule has 136 valence electrons. The first-order valence-electron chi connectivity index (χ1n) is 8.53. The highest BCUT2D eigenvalue weighted by molar-refractivity contribution is 5.90. The summed E-state index contributed by atoms with van der Waals surface area (Å²) >= 11 is 0. The van der Waals surface area contributed by atoms with Crippen molar-refractivity contribution in [2.45, 2.75) is 25.8 Å². The molecule has 1 aromatic heterocycles. The lowest BCUT2D eigenvalue weighted by Crippen LogP contribution is -2.29. The molecule has 0 atom stereocenters. The fourth-order valence-electron chi connectivity index (χ4n) is 3.01. The van der Waals surface area contributed by atoms with Crippen LogP contribution in [0.3, 0.4) is 0 Å². The summed E-state index contributed by atoms with van der Waals surface area (Å²) in [5.74, 6) is -0.418. The first-order valence-corrected chi connectivity index (χ1v) is 8.53. The average Bonchev–Trinajstić information content (AvgIpc) is 2.64. The Bertz CT molecular complexity index is 854. The predicted molar refractivity (Wildman–Crippen MR) is 98.5 cm³/mol. The Morgan fingerprint density at radius 2 is 1.77 bits per heavy atom. The zero-order valence-electron chi connectivity index (χ0n) is 14.3. The summed E-state index contributed by atoms with van der Waals surface area (Å²) in [4.78, 5) is 36.4. The molecule has 2 aromatic rings. The van der Waals surface area contributed by atoms with Crippen molar-refractivity contribution in [1.29, 1.82) is 0 Å². The van der Waals surface area contributed by atoms with Crippen LogP contribution in [-0.2, 0) is 11.3 Å². The normalized spacial score (nSPS) is 14.1. The van der Waals surface area contributed by atoms with Crippen LogP contribution < -0.4 is 15.8 Å². The van der Waals surface area contributed by atoms with Gasteiger partial charge in [-0.05, 0) is 43.5 Å². The van der Waals surface area contributed by atoms with Crippen LogP contribution in [-0.4, -0.2) is 28.5 Å². The van der Waals surface area contributed by atoms with Gasteiger partial charge in [0.05, 0.1) is 11.1 Å². The molecule has 3 rings (SSSR count). The molecule has 26 heavy (non-hydrogen) atoms. The number of piperidine rings is 1. The Morgan fingerprint density at radius 3 is 2.42 bits per heavy atom. The Kier molecular flexibility index (Phi) is 5.31. The number of carbonyl (C=O) groups is 1. The monoisotopic (exact) mass is 356 g/mol. The molecule has 0 bridgehead atoms. The molecule has 2 heterocycles. The van der Waals surface area contributed by atoms with Crippen LogP contribution in [0.5, 0.6) is 0 Å². The van der Waals surface area contributed by atoms with E-state index in [4.69, 9.17) is 0 Å². The van der Waals surface area contributed by atoms with E-state index < -0.39 is 16.4 Å². The van der Waals surface area contributed by atoms with Crippen LogP contribution in [0.1, 0.15) is 19.3 Å². The largest absolute Gasteiger partial charge is 0.372 e. The minimum atomic E-state index is -0.604. The van der Waals surface area contributed by atoms with Crippen LogP contribution in [0.2, 0.25) is 0 Å². The molecule has 1 aliphatic heterocycles. The van der Waals surface area contributed by atoms with Gasteiger partial charge in [0.15, 0.2) is 0 Å². The van der Waals surface area contributed by atoms with Crippen molar-refractivity contribution < 1.29 is 9.72 Å². The van der Waals surface area contributed by atoms with Gasteiger partial charge in [-0.15, -0.1) is 0 Å². The number of aromatic nitrogens is 1. The number of nitro groups is 1. The maximum absolute atomic E-state index is 12.2. The second kappa shape index (κ2) is 7.81. The van der Waals surface area contributed by atoms with Gasteiger partial charge in [-0.2, -0.15) is 0 Å². The highest BCUT2D eigenvalue weighted by atomic mass is 16.6. The average molecular weight is 356 g/mol. The molecule has 1 N–H and O–H groups in total. The Morgan fingerprint density at radius 1 is 1.08 bits per heavy atom. The van der Waals surface area contributed by atoms with Crippen LogP contribution in [0.4, 0.5) is 17.1 Å². The fourth-order valence-corrected chi connectivity index (χ4v) is 3.01. The Labute approximate surface area is 150 Å². The molecule has 1 fully saturated rings. The van der Waals surface area contributed by atoms with Crippen LogP contribution >= 0.6 is 0 Å². The second-order valence-corrected chi connectivity index (χ2v) is 6.25. The van der Waals surface area contributed by atoms with Gasteiger partial charge in [0.1, 0.15) is 6.54 Å². The molecule has 1 aromatic carbocycles. The van der Waals surface area contributed by atoms with Crippen LogP contribution in [0, 0.1) is 10.1 Å². The summed E-state index contributed by atoms with van der Waals surface area (Å²) in [7, 11) is 0. The van der Waals surface area contributed by atoms with Crippen LogP contribution in [0.15, 0.2) is 47.4 Å². The third-order valence-electron chi connectivity index (χ3n) is 4.36. The van der Waals surface area contributed by atoms with Gasteiger partial charge in [-0.1, -0.05) is 0 Å². The third-order valence-corrected chi connectivity index (χ3v) is 4.36. The number of anilines is 2. The summed E-state index contributed by atoms with van der Waals surface area (Å²) in [5.41, 5.74) is 1.04. The SMILES string of the molecule is O=C(Cn1cc([N+](=O)[O-])ccc1=O)Nc1ccc(N2CCCCC2)cc1. The quantitative estimate of drug-likeness (QED) is 0.655. The molecular weight excluding hydrogens is 336 g/mol. The molecule has 0 aliphatic carbocycles. The second-order valence-electron chi connectivity index (χ2n) is 6.25. The molecule has 1 amide bonds. The van der Waals surface area contributed by atoms with E-state index in [2.05, 4.69) is 10.2 Å². The highest BCUT2D eigenvalue weighted by Gasteiger charge is 2.12. The first-order chi connectivity index (χ1) is 12.5. The maximum Gasteiger partial charge on any atom is 0.285 e. The van der Waals surface area contributed by atoms with E-state index in [9.17, 15) is 19.7 Å². The molecule has 1 aliphatic rings. The van der Waals surface area contributed by atoms with E-state index in [-0.39, 0.29) is 12.2 Å². The first kappa shape index (κ1) is 17.7. The van der Waals surface area contributed by atoms with Gasteiger partial charge >= 0.3 is 0 Å². The van der Waals surface area contributed by atoms with Crippen molar-refractivity contribution in [2.75, 3.05) is 23.3 Å². The third kappa shape index (κ3) is 4.27. The summed E-state index contributed by atoms with van der Waals surface area (Å²) in [6.45, 7) is 1.80. The molecule has 8 heteroatoms. The number of nitrogens with zero attached hydrogens (tertiary/aromatic N) is 3. The standard InChI is InChI=1S/C18H20N4O4/c23-17(13-21-12-16(22(25)26)8-9-18(21)24)19-14-4-6-15(7-5-14)20-10-2-1-3-11-20/h4-9,12H,1-3,10-11,13H2,(H,19,23). The minimum absolute atomic E-state index is 0.233. The van der Waals surface area contributed by atoms with Crippen molar-refractivity contribution in [2.24, 2.45) is 0 Å². The van der Waals surface area contributed by atoms with Gasteiger partial charge in [0, 0.05) is 36.6 Å². The van der Waals surface area contributed by atoms with E-state index >= 15 is 0 Å². The Hall–Kier alpha value is -3.16. The summed E-state index contributed by atoms with van der Waals surface area (Å²) < 4.78 is 1.02. The van der Waals surface area contributed by atoms with Crippen molar-refractivity contribution in [3.63, 3.8) is 0 Å². The molecule has 0 radical (unpaired) electrons. The predicted octanol–water partition coefficient (Wildman–Crippen LogP) is 2.39. The highest BCUT2D eigenvalue weighted by Crippen LogP contribution is 2.21. The summed E-state index contributed by atoms with van der Waals surface area (Å²) in [6, 6.07) is 9.76. The molecular formula is C18H20N4O4. The number of nitrogens with one attached hydrogen (secondary N) is 1. The van der Waals surface area contributed by atoms with E-state index in [0.717, 1.165) is 41.7 Å². The number of rotatable bonds is 5. The smallest absolute Gasteiger partial charge is 0.285 e. The molecule has 0 unspecified atom stereocenters. The molecule has 0 saturated carbocycles. The van der Waals surface area contributed by atoms with Gasteiger partial charge in [0.25, 0.3) is 11.2 Å². The van der Waals surface area contributed by atoms with E-state index in [1.807, 2.05) is 24.3 Å². The number of hydrogen-bond acceptors (Lipinski definition) is 5. The maximum atomic E-state index is 12.2. The van der Waals surface area contributed by atoms with E-state index in [0.29, 0.717) is 5.69 Å². The topological polar surface area (TPSA) is 97.5 Å². The lowest BCUT2D eigenvalue weighted by atomic mass is 10.1. The van der Waals surface area contributed by atoms with Gasteiger partial charge in [-0.25, -0.2) is 0 Å². The summed E-state index contributed by atoms with van der Waals surface area (Å²) in [5, 5.41) is 13.5. The zero-order chi connectivity index (χ0) is 18.5. The summed E-state index contributed by atoms with van der Waals surface area (Å²) in [6.07, 6.45) is 4.72.